The fourth-order valence-corrected chi connectivity index (χ4v) is 3.96. The number of carbonyl (C=O) groups excluding carboxylic acids is 3. The Hall–Kier alpha value is -1.76. The first-order valence-corrected chi connectivity index (χ1v) is 8.51. The Morgan fingerprint density at radius 2 is 1.95 bits per heavy atom. The van der Waals surface area contributed by atoms with Crippen LogP contribution < -0.4 is 5.32 Å². The lowest BCUT2D eigenvalue weighted by atomic mass is 9.81. The van der Waals surface area contributed by atoms with Gasteiger partial charge >= 0.3 is 0 Å². The summed E-state index contributed by atoms with van der Waals surface area (Å²) in [4.78, 5) is 41.9. The van der Waals surface area contributed by atoms with Crippen molar-refractivity contribution < 1.29 is 14.4 Å². The molecule has 0 radical (unpaired) electrons. The highest BCUT2D eigenvalue weighted by Crippen LogP contribution is 2.37. The molecule has 22 heavy (non-hydrogen) atoms. The number of rotatable bonds is 4. The quantitative estimate of drug-likeness (QED) is 0.860. The first-order chi connectivity index (χ1) is 10.6. The Bertz CT molecular complexity index is 589. The first kappa shape index (κ1) is 15.1. The van der Waals surface area contributed by atoms with Gasteiger partial charge in [-0.05, 0) is 19.8 Å². The van der Waals surface area contributed by atoms with Crippen molar-refractivity contribution >= 4 is 34.2 Å². The maximum Gasteiger partial charge on any atom is 0.233 e. The van der Waals surface area contributed by atoms with Crippen molar-refractivity contribution in [2.24, 2.45) is 11.8 Å². The predicted molar refractivity (Wildman–Crippen MR) is 82.3 cm³/mol. The van der Waals surface area contributed by atoms with Gasteiger partial charge in [-0.25, -0.2) is 4.98 Å². The summed E-state index contributed by atoms with van der Waals surface area (Å²) in [5.41, 5.74) is 0.856. The third kappa shape index (κ3) is 2.90. The zero-order valence-electron chi connectivity index (χ0n) is 12.5. The fourth-order valence-electron chi connectivity index (χ4n) is 3.26. The Morgan fingerprint density at radius 3 is 2.50 bits per heavy atom. The summed E-state index contributed by atoms with van der Waals surface area (Å²) in [5.74, 6) is -0.693. The number of carbonyl (C=O) groups is 3. The van der Waals surface area contributed by atoms with Gasteiger partial charge < -0.3 is 5.32 Å². The molecule has 2 unspecified atom stereocenters. The average Bonchev–Trinajstić information content (AvgIpc) is 3.01. The molecule has 1 aliphatic carbocycles. The van der Waals surface area contributed by atoms with E-state index in [1.54, 1.807) is 0 Å². The molecule has 1 aliphatic heterocycles. The van der Waals surface area contributed by atoms with Crippen LogP contribution in [0.15, 0.2) is 5.38 Å². The van der Waals surface area contributed by atoms with Crippen molar-refractivity contribution in [2.75, 3.05) is 11.9 Å². The van der Waals surface area contributed by atoms with Crippen molar-refractivity contribution in [2.45, 2.75) is 39.0 Å². The standard InChI is InChI=1S/C15H19N3O3S/c1-9-8-22-15(16-9)17-12(19)6-7-18-13(20)10-4-2-3-5-11(10)14(18)21/h8,10-11H,2-7H2,1H3,(H,16,17,19). The lowest BCUT2D eigenvalue weighted by Gasteiger charge is -2.19. The van der Waals surface area contributed by atoms with E-state index in [2.05, 4.69) is 10.3 Å². The van der Waals surface area contributed by atoms with E-state index in [4.69, 9.17) is 0 Å². The lowest BCUT2D eigenvalue weighted by Crippen LogP contribution is -2.34. The summed E-state index contributed by atoms with van der Waals surface area (Å²) in [6, 6.07) is 0. The molecule has 3 rings (SSSR count). The zero-order valence-corrected chi connectivity index (χ0v) is 13.3. The molecule has 2 atom stereocenters. The van der Waals surface area contributed by atoms with Crippen LogP contribution >= 0.6 is 11.3 Å². The summed E-state index contributed by atoms with van der Waals surface area (Å²) in [7, 11) is 0. The van der Waals surface area contributed by atoms with Crippen molar-refractivity contribution in [3.8, 4) is 0 Å². The molecular weight excluding hydrogens is 302 g/mol. The number of amides is 3. The van der Waals surface area contributed by atoms with Crippen LogP contribution in [0, 0.1) is 18.8 Å². The number of anilines is 1. The largest absolute Gasteiger partial charge is 0.302 e. The molecule has 6 nitrogen and oxygen atoms in total. The van der Waals surface area contributed by atoms with Crippen molar-refractivity contribution in [1.82, 2.24) is 9.88 Å². The highest BCUT2D eigenvalue weighted by atomic mass is 32.1. The van der Waals surface area contributed by atoms with Crippen LogP contribution in [-0.2, 0) is 14.4 Å². The maximum absolute atomic E-state index is 12.3. The monoisotopic (exact) mass is 321 g/mol. The molecule has 7 heteroatoms. The maximum atomic E-state index is 12.3. The molecule has 0 bridgehead atoms. The van der Waals surface area contributed by atoms with Gasteiger partial charge in [0.25, 0.3) is 0 Å². The minimum atomic E-state index is -0.218. The molecule has 1 aromatic heterocycles. The van der Waals surface area contributed by atoms with Gasteiger partial charge in [0.1, 0.15) is 0 Å². The molecule has 0 spiro atoms. The molecule has 2 aliphatic rings. The Kier molecular flexibility index (Phi) is 4.24. The number of hydrogen-bond donors (Lipinski definition) is 1. The van der Waals surface area contributed by atoms with Crippen LogP contribution in [0.5, 0.6) is 0 Å². The number of aryl methyl sites for hydroxylation is 1. The van der Waals surface area contributed by atoms with Crippen LogP contribution in [-0.4, -0.2) is 34.2 Å². The number of aromatic nitrogens is 1. The summed E-state index contributed by atoms with van der Waals surface area (Å²) in [5, 5.41) is 5.10. The van der Waals surface area contributed by atoms with Gasteiger partial charge in [-0.2, -0.15) is 0 Å². The number of nitrogens with zero attached hydrogens (tertiary/aromatic N) is 2. The van der Waals surface area contributed by atoms with E-state index in [0.29, 0.717) is 5.13 Å². The number of nitrogens with one attached hydrogen (secondary N) is 1. The minimum absolute atomic E-state index is 0.0902. The second-order valence-electron chi connectivity index (χ2n) is 5.92. The lowest BCUT2D eigenvalue weighted by molar-refractivity contribution is -0.140. The van der Waals surface area contributed by atoms with Gasteiger partial charge in [-0.15, -0.1) is 11.3 Å². The fraction of sp³-hybridized carbons (Fsp3) is 0.600. The van der Waals surface area contributed by atoms with E-state index in [-0.39, 0.29) is 42.5 Å². The molecule has 2 fully saturated rings. The molecule has 2 heterocycles. The van der Waals surface area contributed by atoms with Crippen LogP contribution in [0.4, 0.5) is 5.13 Å². The second-order valence-corrected chi connectivity index (χ2v) is 6.78. The zero-order chi connectivity index (χ0) is 15.7. The van der Waals surface area contributed by atoms with Crippen molar-refractivity contribution in [1.29, 1.82) is 0 Å². The number of likely N-dealkylation sites (tertiary alicyclic amines) is 1. The van der Waals surface area contributed by atoms with Crippen molar-refractivity contribution in [3.63, 3.8) is 0 Å². The number of imide groups is 1. The Morgan fingerprint density at radius 1 is 1.32 bits per heavy atom. The van der Waals surface area contributed by atoms with E-state index >= 15 is 0 Å². The van der Waals surface area contributed by atoms with E-state index in [1.807, 2.05) is 12.3 Å². The highest BCUT2D eigenvalue weighted by Gasteiger charge is 2.47. The molecule has 1 aromatic rings. The molecule has 1 N–H and O–H groups in total. The topological polar surface area (TPSA) is 79.4 Å². The van der Waals surface area contributed by atoms with Gasteiger partial charge in [0.15, 0.2) is 5.13 Å². The Labute approximate surface area is 132 Å². The normalized spacial score (nSPS) is 24.5. The van der Waals surface area contributed by atoms with Crippen molar-refractivity contribution in [3.05, 3.63) is 11.1 Å². The van der Waals surface area contributed by atoms with Gasteiger partial charge in [-0.3, -0.25) is 19.3 Å². The average molecular weight is 321 g/mol. The third-order valence-electron chi connectivity index (χ3n) is 4.36. The summed E-state index contributed by atoms with van der Waals surface area (Å²) in [6.45, 7) is 2.02. The van der Waals surface area contributed by atoms with Gasteiger partial charge in [-0.1, -0.05) is 12.8 Å². The Balaban J connectivity index is 1.55. The molecular formula is C15H19N3O3S. The van der Waals surface area contributed by atoms with E-state index in [1.165, 1.54) is 16.2 Å². The number of thiazole rings is 1. The molecule has 118 valence electrons. The van der Waals surface area contributed by atoms with Crippen LogP contribution in [0.2, 0.25) is 0 Å². The molecule has 3 amide bonds. The van der Waals surface area contributed by atoms with Crippen LogP contribution in [0.3, 0.4) is 0 Å². The van der Waals surface area contributed by atoms with Crippen LogP contribution in [0.25, 0.3) is 0 Å². The first-order valence-electron chi connectivity index (χ1n) is 7.63. The highest BCUT2D eigenvalue weighted by molar-refractivity contribution is 7.13. The summed E-state index contributed by atoms with van der Waals surface area (Å²) >= 11 is 1.36. The van der Waals surface area contributed by atoms with E-state index in [0.717, 1.165) is 31.4 Å². The third-order valence-corrected chi connectivity index (χ3v) is 5.24. The second kappa shape index (κ2) is 6.16. The minimum Gasteiger partial charge on any atom is -0.302 e. The predicted octanol–water partition coefficient (Wildman–Crippen LogP) is 1.96. The van der Waals surface area contributed by atoms with E-state index < -0.39 is 0 Å². The van der Waals surface area contributed by atoms with Gasteiger partial charge in [0.05, 0.1) is 17.5 Å². The van der Waals surface area contributed by atoms with E-state index in [9.17, 15) is 14.4 Å². The van der Waals surface area contributed by atoms with Crippen LogP contribution in [0.1, 0.15) is 37.8 Å². The smallest absolute Gasteiger partial charge is 0.233 e. The van der Waals surface area contributed by atoms with Gasteiger partial charge in [0, 0.05) is 18.3 Å². The summed E-state index contributed by atoms with van der Waals surface area (Å²) < 4.78 is 0. The van der Waals surface area contributed by atoms with Gasteiger partial charge in [0.2, 0.25) is 17.7 Å². The number of hydrogen-bond acceptors (Lipinski definition) is 5. The summed E-state index contributed by atoms with van der Waals surface area (Å²) in [6.07, 6.45) is 3.75. The number of fused-ring (bicyclic) bond motifs is 1. The molecule has 1 saturated carbocycles. The molecule has 1 saturated heterocycles. The SMILES string of the molecule is Cc1csc(NC(=O)CCN2C(=O)C3CCCCC3C2=O)n1. The molecule has 0 aromatic carbocycles.